The molecule has 2 aromatic carbocycles. The van der Waals surface area contributed by atoms with Gasteiger partial charge in [0.05, 0.1) is 18.1 Å². The molecule has 0 radical (unpaired) electrons. The number of carbonyl (C=O) groups excluding carboxylic acids is 2. The third-order valence-electron chi connectivity index (χ3n) is 3.23. The summed E-state index contributed by atoms with van der Waals surface area (Å²) < 4.78 is 5.13. The molecule has 0 saturated heterocycles. The third-order valence-corrected chi connectivity index (χ3v) is 3.60. The fraction of sp³-hybridized carbons (Fsp3) is 0.167. The van der Waals surface area contributed by atoms with Crippen molar-refractivity contribution in [1.29, 1.82) is 5.26 Å². The Labute approximate surface area is 144 Å². The third kappa shape index (κ3) is 4.83. The van der Waals surface area contributed by atoms with Gasteiger partial charge in [-0.25, -0.2) is 0 Å². The van der Waals surface area contributed by atoms with E-state index in [1.165, 1.54) is 13.0 Å². The highest BCUT2D eigenvalue weighted by Gasteiger charge is 2.18. The van der Waals surface area contributed by atoms with Gasteiger partial charge in [0.25, 0.3) is 5.91 Å². The number of ether oxygens (including phenoxy) is 1. The van der Waals surface area contributed by atoms with Crippen LogP contribution in [0.3, 0.4) is 0 Å². The van der Waals surface area contributed by atoms with Gasteiger partial charge in [-0.15, -0.1) is 0 Å². The van der Waals surface area contributed by atoms with E-state index in [-0.39, 0.29) is 6.42 Å². The van der Waals surface area contributed by atoms with Crippen LogP contribution in [0.2, 0.25) is 5.02 Å². The SMILES string of the molecule is C[C@@H](OC(=O)Cc1ccccc1Cl)C(=O)Nc1cccc(C#N)c1. The van der Waals surface area contributed by atoms with Crippen LogP contribution < -0.4 is 5.32 Å². The second-order valence-corrected chi connectivity index (χ2v) is 5.49. The Morgan fingerprint density at radius 1 is 1.25 bits per heavy atom. The first-order chi connectivity index (χ1) is 11.5. The maximum atomic E-state index is 12.1. The summed E-state index contributed by atoms with van der Waals surface area (Å²) in [5.74, 6) is -1.02. The molecule has 122 valence electrons. The number of esters is 1. The molecule has 0 aliphatic rings. The second-order valence-electron chi connectivity index (χ2n) is 5.08. The number of rotatable bonds is 5. The zero-order valence-electron chi connectivity index (χ0n) is 13.0. The van der Waals surface area contributed by atoms with Gasteiger partial charge in [0, 0.05) is 10.7 Å². The van der Waals surface area contributed by atoms with Crippen molar-refractivity contribution < 1.29 is 14.3 Å². The summed E-state index contributed by atoms with van der Waals surface area (Å²) in [7, 11) is 0. The number of hydrogen-bond acceptors (Lipinski definition) is 4. The second kappa shape index (κ2) is 8.14. The van der Waals surface area contributed by atoms with E-state index in [0.29, 0.717) is 21.8 Å². The summed E-state index contributed by atoms with van der Waals surface area (Å²) in [6, 6.07) is 15.4. The number of anilines is 1. The van der Waals surface area contributed by atoms with Crippen LogP contribution in [0.1, 0.15) is 18.1 Å². The number of benzene rings is 2. The zero-order chi connectivity index (χ0) is 17.5. The predicted molar refractivity (Wildman–Crippen MR) is 90.5 cm³/mol. The van der Waals surface area contributed by atoms with Crippen molar-refractivity contribution in [3.8, 4) is 6.07 Å². The molecule has 0 spiro atoms. The van der Waals surface area contributed by atoms with Gasteiger partial charge in [-0.3, -0.25) is 9.59 Å². The lowest BCUT2D eigenvalue weighted by atomic mass is 10.1. The van der Waals surface area contributed by atoms with E-state index < -0.39 is 18.0 Å². The van der Waals surface area contributed by atoms with E-state index in [2.05, 4.69) is 5.32 Å². The van der Waals surface area contributed by atoms with Crippen molar-refractivity contribution in [3.63, 3.8) is 0 Å². The van der Waals surface area contributed by atoms with Crippen LogP contribution in [0.15, 0.2) is 48.5 Å². The van der Waals surface area contributed by atoms with Gasteiger partial charge in [-0.05, 0) is 36.8 Å². The number of hydrogen-bond donors (Lipinski definition) is 1. The molecule has 0 aliphatic carbocycles. The highest BCUT2D eigenvalue weighted by molar-refractivity contribution is 6.31. The average molecular weight is 343 g/mol. The number of nitriles is 1. The van der Waals surface area contributed by atoms with Gasteiger partial charge in [0.15, 0.2) is 6.10 Å². The largest absolute Gasteiger partial charge is 0.452 e. The monoisotopic (exact) mass is 342 g/mol. The normalized spacial score (nSPS) is 11.2. The molecule has 1 atom stereocenters. The Morgan fingerprint density at radius 2 is 2.00 bits per heavy atom. The molecule has 1 amide bonds. The van der Waals surface area contributed by atoms with Crippen LogP contribution in [0, 0.1) is 11.3 Å². The van der Waals surface area contributed by atoms with Crippen molar-refractivity contribution in [1.82, 2.24) is 0 Å². The van der Waals surface area contributed by atoms with Crippen LogP contribution in [0.4, 0.5) is 5.69 Å². The van der Waals surface area contributed by atoms with Gasteiger partial charge >= 0.3 is 5.97 Å². The lowest BCUT2D eigenvalue weighted by Crippen LogP contribution is -2.30. The minimum absolute atomic E-state index is 0.0127. The molecule has 0 aromatic heterocycles. The molecule has 6 heteroatoms. The van der Waals surface area contributed by atoms with Crippen LogP contribution in [-0.2, 0) is 20.7 Å². The predicted octanol–water partition coefficient (Wildman–Crippen LogP) is 3.32. The van der Waals surface area contributed by atoms with Gasteiger partial charge in [0.1, 0.15) is 0 Å². The molecule has 2 rings (SSSR count). The Balaban J connectivity index is 1.92. The summed E-state index contributed by atoms with van der Waals surface area (Å²) >= 11 is 5.99. The van der Waals surface area contributed by atoms with Crippen molar-refractivity contribution in [2.45, 2.75) is 19.4 Å². The maximum absolute atomic E-state index is 12.1. The lowest BCUT2D eigenvalue weighted by Gasteiger charge is -2.14. The number of nitrogens with zero attached hydrogens (tertiary/aromatic N) is 1. The molecule has 1 N–H and O–H groups in total. The van der Waals surface area contributed by atoms with E-state index in [1.807, 2.05) is 6.07 Å². The summed E-state index contributed by atoms with van der Waals surface area (Å²) in [6.45, 7) is 1.48. The lowest BCUT2D eigenvalue weighted by molar-refractivity contribution is -0.152. The Hall–Kier alpha value is -2.84. The van der Waals surface area contributed by atoms with E-state index in [0.717, 1.165) is 0 Å². The smallest absolute Gasteiger partial charge is 0.311 e. The van der Waals surface area contributed by atoms with Crippen LogP contribution >= 0.6 is 11.6 Å². The number of nitrogens with one attached hydrogen (secondary N) is 1. The first kappa shape index (κ1) is 17.5. The summed E-state index contributed by atoms with van der Waals surface area (Å²) in [6.07, 6.45) is -0.980. The molecule has 0 fully saturated rings. The van der Waals surface area contributed by atoms with E-state index in [1.54, 1.807) is 42.5 Å². The Bertz CT molecular complexity index is 799. The number of halogens is 1. The minimum Gasteiger partial charge on any atom is -0.452 e. The number of carbonyl (C=O) groups is 2. The highest BCUT2D eigenvalue weighted by Crippen LogP contribution is 2.16. The molecule has 2 aromatic rings. The number of amides is 1. The minimum atomic E-state index is -0.967. The van der Waals surface area contributed by atoms with E-state index in [9.17, 15) is 9.59 Å². The van der Waals surface area contributed by atoms with E-state index in [4.69, 9.17) is 21.6 Å². The molecule has 0 aliphatic heterocycles. The average Bonchev–Trinajstić information content (AvgIpc) is 2.57. The van der Waals surface area contributed by atoms with E-state index >= 15 is 0 Å². The fourth-order valence-corrected chi connectivity index (χ4v) is 2.20. The maximum Gasteiger partial charge on any atom is 0.311 e. The molecule has 0 unspecified atom stereocenters. The van der Waals surface area contributed by atoms with Crippen molar-refractivity contribution in [2.24, 2.45) is 0 Å². The Kier molecular flexibility index (Phi) is 5.94. The van der Waals surface area contributed by atoms with Gasteiger partial charge in [-0.1, -0.05) is 35.9 Å². The van der Waals surface area contributed by atoms with Crippen LogP contribution in [0.5, 0.6) is 0 Å². The summed E-state index contributed by atoms with van der Waals surface area (Å²) in [4.78, 5) is 24.0. The molecule has 24 heavy (non-hydrogen) atoms. The van der Waals surface area contributed by atoms with Gasteiger partial charge in [0.2, 0.25) is 0 Å². The zero-order valence-corrected chi connectivity index (χ0v) is 13.7. The summed E-state index contributed by atoms with van der Waals surface area (Å²) in [5.41, 5.74) is 1.53. The van der Waals surface area contributed by atoms with Crippen LogP contribution in [0.25, 0.3) is 0 Å². The molecule has 0 bridgehead atoms. The van der Waals surface area contributed by atoms with Crippen molar-refractivity contribution in [3.05, 3.63) is 64.7 Å². The molecule has 0 heterocycles. The summed E-state index contributed by atoms with van der Waals surface area (Å²) in [5, 5.41) is 11.9. The van der Waals surface area contributed by atoms with Gasteiger partial charge in [-0.2, -0.15) is 5.26 Å². The van der Waals surface area contributed by atoms with Gasteiger partial charge < -0.3 is 10.1 Å². The first-order valence-corrected chi connectivity index (χ1v) is 7.61. The van der Waals surface area contributed by atoms with Crippen molar-refractivity contribution >= 4 is 29.2 Å². The molecule has 0 saturated carbocycles. The highest BCUT2D eigenvalue weighted by atomic mass is 35.5. The Morgan fingerprint density at radius 3 is 2.71 bits per heavy atom. The quantitative estimate of drug-likeness (QED) is 0.845. The topological polar surface area (TPSA) is 79.2 Å². The fourth-order valence-electron chi connectivity index (χ4n) is 2.00. The van der Waals surface area contributed by atoms with Crippen molar-refractivity contribution in [2.75, 3.05) is 5.32 Å². The van der Waals surface area contributed by atoms with Crippen LogP contribution in [-0.4, -0.2) is 18.0 Å². The standard InChI is InChI=1S/C18H15ClN2O3/c1-12(18(23)21-15-7-4-5-13(9-15)11-20)24-17(22)10-14-6-2-3-8-16(14)19/h2-9,12H,10H2,1H3,(H,21,23)/t12-/m1/s1. The molecular weight excluding hydrogens is 328 g/mol. The first-order valence-electron chi connectivity index (χ1n) is 7.23. The molecule has 5 nitrogen and oxygen atoms in total. The molecular formula is C18H15ClN2O3.